The van der Waals surface area contributed by atoms with Gasteiger partial charge in [-0.25, -0.2) is 4.79 Å². The summed E-state index contributed by atoms with van der Waals surface area (Å²) in [4.78, 5) is 11.9. The Balaban J connectivity index is 1.63. The summed E-state index contributed by atoms with van der Waals surface area (Å²) in [5, 5.41) is 6.03. The highest BCUT2D eigenvalue weighted by Crippen LogP contribution is 2.34. The molecule has 0 aromatic heterocycles. The van der Waals surface area contributed by atoms with Crippen molar-refractivity contribution in [2.75, 3.05) is 5.32 Å². The summed E-state index contributed by atoms with van der Waals surface area (Å²) in [6.07, 6.45) is 7.12. The number of carbonyl (C=O) groups excluding carboxylic acids is 1. The van der Waals surface area contributed by atoms with Crippen LogP contribution in [0.3, 0.4) is 0 Å². The molecule has 1 unspecified atom stereocenters. The molecular weight excluding hydrogens is 236 g/mol. The lowest BCUT2D eigenvalue weighted by Crippen LogP contribution is -2.36. The second-order valence-electron chi connectivity index (χ2n) is 5.93. The first kappa shape index (κ1) is 12.5. The fourth-order valence-electron chi connectivity index (χ4n) is 3.31. The fraction of sp³-hybridized carbons (Fsp3) is 0.562. The lowest BCUT2D eigenvalue weighted by Gasteiger charge is -2.14. The first-order valence-corrected chi connectivity index (χ1v) is 7.43. The van der Waals surface area contributed by atoms with E-state index in [-0.39, 0.29) is 6.03 Å². The number of hydrogen-bond acceptors (Lipinski definition) is 1. The first-order chi connectivity index (χ1) is 9.22. The molecule has 2 aliphatic carbocycles. The zero-order valence-electron chi connectivity index (χ0n) is 11.5. The Bertz CT molecular complexity index is 478. The number of urea groups is 1. The summed E-state index contributed by atoms with van der Waals surface area (Å²) < 4.78 is 0. The smallest absolute Gasteiger partial charge is 0.319 e. The number of benzene rings is 1. The van der Waals surface area contributed by atoms with Gasteiger partial charge in [0.1, 0.15) is 0 Å². The van der Waals surface area contributed by atoms with Crippen LogP contribution in [0.4, 0.5) is 10.5 Å². The predicted octanol–water partition coefficient (Wildman–Crippen LogP) is 3.80. The van der Waals surface area contributed by atoms with Crippen molar-refractivity contribution >= 4 is 11.7 Å². The molecule has 3 heteroatoms. The van der Waals surface area contributed by atoms with Crippen LogP contribution in [0.5, 0.6) is 0 Å². The van der Waals surface area contributed by atoms with Crippen molar-refractivity contribution in [3.8, 4) is 0 Å². The average Bonchev–Trinajstić information content (AvgIpc) is 3.00. The number of hydrogen-bond donors (Lipinski definition) is 2. The molecule has 1 saturated carbocycles. The van der Waals surface area contributed by atoms with Crippen molar-refractivity contribution in [2.24, 2.45) is 0 Å². The van der Waals surface area contributed by atoms with E-state index < -0.39 is 0 Å². The van der Waals surface area contributed by atoms with E-state index in [1.165, 1.54) is 36.8 Å². The SMILES string of the molecule is CC1CCc2ccc(NC(=O)NC3CCCC3)cc21. The van der Waals surface area contributed by atoms with E-state index in [0.717, 1.165) is 18.5 Å². The lowest BCUT2D eigenvalue weighted by atomic mass is 10.0. The van der Waals surface area contributed by atoms with Gasteiger partial charge >= 0.3 is 6.03 Å². The van der Waals surface area contributed by atoms with Crippen LogP contribution in [-0.2, 0) is 6.42 Å². The van der Waals surface area contributed by atoms with E-state index >= 15 is 0 Å². The Labute approximate surface area is 114 Å². The molecule has 19 heavy (non-hydrogen) atoms. The molecule has 3 rings (SSSR count). The van der Waals surface area contributed by atoms with E-state index in [4.69, 9.17) is 0 Å². The van der Waals surface area contributed by atoms with Crippen molar-refractivity contribution < 1.29 is 4.79 Å². The maximum absolute atomic E-state index is 11.9. The normalized spacial score (nSPS) is 22.3. The molecule has 0 bridgehead atoms. The molecule has 2 N–H and O–H groups in total. The number of fused-ring (bicyclic) bond motifs is 1. The second kappa shape index (κ2) is 5.24. The molecule has 0 radical (unpaired) electrons. The number of aryl methyl sites for hydroxylation is 1. The first-order valence-electron chi connectivity index (χ1n) is 7.43. The maximum atomic E-state index is 11.9. The van der Waals surface area contributed by atoms with Gasteiger partial charge in [-0.15, -0.1) is 0 Å². The van der Waals surface area contributed by atoms with Gasteiger partial charge < -0.3 is 10.6 Å². The highest BCUT2D eigenvalue weighted by Gasteiger charge is 2.20. The van der Waals surface area contributed by atoms with Gasteiger partial charge in [-0.1, -0.05) is 25.8 Å². The third kappa shape index (κ3) is 2.75. The third-order valence-corrected chi connectivity index (χ3v) is 4.47. The predicted molar refractivity (Wildman–Crippen MR) is 77.6 cm³/mol. The van der Waals surface area contributed by atoms with Crippen molar-refractivity contribution in [1.82, 2.24) is 5.32 Å². The lowest BCUT2D eigenvalue weighted by molar-refractivity contribution is 0.248. The van der Waals surface area contributed by atoms with Crippen LogP contribution < -0.4 is 10.6 Å². The Morgan fingerprint density at radius 1 is 1.21 bits per heavy atom. The van der Waals surface area contributed by atoms with Crippen LogP contribution in [0.1, 0.15) is 56.1 Å². The van der Waals surface area contributed by atoms with Crippen LogP contribution in [-0.4, -0.2) is 12.1 Å². The molecule has 1 aromatic carbocycles. The second-order valence-corrected chi connectivity index (χ2v) is 5.93. The number of nitrogens with one attached hydrogen (secondary N) is 2. The summed E-state index contributed by atoms with van der Waals surface area (Å²) in [6, 6.07) is 6.63. The maximum Gasteiger partial charge on any atom is 0.319 e. The zero-order chi connectivity index (χ0) is 13.2. The monoisotopic (exact) mass is 258 g/mol. The molecule has 3 nitrogen and oxygen atoms in total. The molecule has 0 aliphatic heterocycles. The molecule has 0 saturated heterocycles. The summed E-state index contributed by atoms with van der Waals surface area (Å²) in [5.74, 6) is 0.620. The molecule has 1 fully saturated rings. The van der Waals surface area contributed by atoms with Gasteiger partial charge in [0.2, 0.25) is 0 Å². The Kier molecular flexibility index (Phi) is 3.45. The molecule has 102 valence electrons. The zero-order valence-corrected chi connectivity index (χ0v) is 11.5. The van der Waals surface area contributed by atoms with Gasteiger partial charge in [0.05, 0.1) is 0 Å². The molecule has 2 amide bonds. The summed E-state index contributed by atoms with van der Waals surface area (Å²) >= 11 is 0. The number of amides is 2. The van der Waals surface area contributed by atoms with Crippen LogP contribution in [0.15, 0.2) is 18.2 Å². The Hall–Kier alpha value is -1.51. The van der Waals surface area contributed by atoms with Gasteiger partial charge in [0.15, 0.2) is 0 Å². The summed E-state index contributed by atoms with van der Waals surface area (Å²) in [7, 11) is 0. The van der Waals surface area contributed by atoms with E-state index in [2.05, 4.69) is 29.7 Å². The van der Waals surface area contributed by atoms with E-state index in [0.29, 0.717) is 12.0 Å². The van der Waals surface area contributed by atoms with Crippen LogP contribution in [0, 0.1) is 0 Å². The quantitative estimate of drug-likeness (QED) is 0.832. The van der Waals surface area contributed by atoms with Crippen molar-refractivity contribution in [3.05, 3.63) is 29.3 Å². The standard InChI is InChI=1S/C16H22N2O/c1-11-6-7-12-8-9-14(10-15(11)12)18-16(19)17-13-4-2-3-5-13/h8-11,13H,2-7H2,1H3,(H2,17,18,19). The summed E-state index contributed by atoms with van der Waals surface area (Å²) in [6.45, 7) is 2.26. The van der Waals surface area contributed by atoms with Crippen molar-refractivity contribution in [2.45, 2.75) is 57.4 Å². The topological polar surface area (TPSA) is 41.1 Å². The molecule has 1 aromatic rings. The largest absolute Gasteiger partial charge is 0.335 e. The van der Waals surface area contributed by atoms with Crippen LogP contribution in [0.2, 0.25) is 0 Å². The molecular formula is C16H22N2O. The van der Waals surface area contributed by atoms with Gasteiger partial charge in [0.25, 0.3) is 0 Å². The number of carbonyl (C=O) groups is 1. The van der Waals surface area contributed by atoms with E-state index in [9.17, 15) is 4.79 Å². The third-order valence-electron chi connectivity index (χ3n) is 4.47. The molecule has 0 heterocycles. The minimum atomic E-state index is -0.0579. The van der Waals surface area contributed by atoms with Gasteiger partial charge in [-0.2, -0.15) is 0 Å². The number of rotatable bonds is 2. The number of anilines is 1. The minimum Gasteiger partial charge on any atom is -0.335 e. The molecule has 0 spiro atoms. The van der Waals surface area contributed by atoms with E-state index in [1.807, 2.05) is 6.07 Å². The summed E-state index contributed by atoms with van der Waals surface area (Å²) in [5.41, 5.74) is 3.76. The highest BCUT2D eigenvalue weighted by atomic mass is 16.2. The van der Waals surface area contributed by atoms with Gasteiger partial charge in [-0.3, -0.25) is 0 Å². The van der Waals surface area contributed by atoms with Crippen LogP contribution >= 0.6 is 0 Å². The molecule has 1 atom stereocenters. The van der Waals surface area contributed by atoms with Crippen molar-refractivity contribution in [3.63, 3.8) is 0 Å². The Morgan fingerprint density at radius 2 is 2.00 bits per heavy atom. The van der Waals surface area contributed by atoms with Gasteiger partial charge in [-0.05, 0) is 54.9 Å². The Morgan fingerprint density at radius 3 is 2.79 bits per heavy atom. The molecule has 2 aliphatic rings. The highest BCUT2D eigenvalue weighted by molar-refractivity contribution is 5.89. The average molecular weight is 258 g/mol. The fourth-order valence-corrected chi connectivity index (χ4v) is 3.31. The van der Waals surface area contributed by atoms with Gasteiger partial charge in [0, 0.05) is 11.7 Å². The minimum absolute atomic E-state index is 0.0579. The van der Waals surface area contributed by atoms with Crippen LogP contribution in [0.25, 0.3) is 0 Å². The van der Waals surface area contributed by atoms with E-state index in [1.54, 1.807) is 0 Å². The van der Waals surface area contributed by atoms with Crippen molar-refractivity contribution in [1.29, 1.82) is 0 Å².